The van der Waals surface area contributed by atoms with Crippen molar-refractivity contribution in [2.24, 2.45) is 0 Å². The van der Waals surface area contributed by atoms with Crippen molar-refractivity contribution in [2.45, 2.75) is 18.8 Å². The predicted molar refractivity (Wildman–Crippen MR) is 59.2 cm³/mol. The van der Waals surface area contributed by atoms with Crippen LogP contribution in [0.15, 0.2) is 22.7 Å². The van der Waals surface area contributed by atoms with E-state index < -0.39 is 17.1 Å². The number of amides is 2. The molecule has 0 spiro atoms. The standard InChI is InChI=1S/C11H9BrFNO2/c1-11(5-9(15)14-10(11)16)7-4-6(12)2-3-8(7)13/h2-4H,5H2,1H3,(H,14,15,16). The summed E-state index contributed by atoms with van der Waals surface area (Å²) >= 11 is 3.22. The quantitative estimate of drug-likeness (QED) is 0.801. The number of nitrogens with one attached hydrogen (secondary N) is 1. The van der Waals surface area contributed by atoms with E-state index in [2.05, 4.69) is 21.2 Å². The molecule has 0 saturated carbocycles. The van der Waals surface area contributed by atoms with Gasteiger partial charge in [0.2, 0.25) is 11.8 Å². The van der Waals surface area contributed by atoms with E-state index in [0.29, 0.717) is 4.47 Å². The van der Waals surface area contributed by atoms with Gasteiger partial charge in [0.1, 0.15) is 5.82 Å². The average Bonchev–Trinajstić information content (AvgIpc) is 2.46. The fourth-order valence-electron chi connectivity index (χ4n) is 1.85. The van der Waals surface area contributed by atoms with Gasteiger partial charge in [-0.1, -0.05) is 15.9 Å². The van der Waals surface area contributed by atoms with Crippen LogP contribution in [0.5, 0.6) is 0 Å². The van der Waals surface area contributed by atoms with Crippen molar-refractivity contribution in [1.29, 1.82) is 0 Å². The van der Waals surface area contributed by atoms with Crippen LogP contribution < -0.4 is 5.32 Å². The maximum atomic E-state index is 13.7. The summed E-state index contributed by atoms with van der Waals surface area (Å²) < 4.78 is 14.3. The lowest BCUT2D eigenvalue weighted by molar-refractivity contribution is -0.126. The average molecular weight is 286 g/mol. The summed E-state index contributed by atoms with van der Waals surface area (Å²) in [4.78, 5) is 22.8. The van der Waals surface area contributed by atoms with Crippen LogP contribution in [0.4, 0.5) is 4.39 Å². The summed E-state index contributed by atoms with van der Waals surface area (Å²) in [7, 11) is 0. The summed E-state index contributed by atoms with van der Waals surface area (Å²) in [5, 5.41) is 2.19. The molecule has 1 heterocycles. The van der Waals surface area contributed by atoms with Gasteiger partial charge in [-0.15, -0.1) is 0 Å². The van der Waals surface area contributed by atoms with E-state index in [4.69, 9.17) is 0 Å². The Morgan fingerprint density at radius 1 is 1.44 bits per heavy atom. The molecule has 16 heavy (non-hydrogen) atoms. The summed E-state index contributed by atoms with van der Waals surface area (Å²) in [6, 6.07) is 4.37. The number of benzene rings is 1. The van der Waals surface area contributed by atoms with Crippen LogP contribution in [0.25, 0.3) is 0 Å². The first-order valence-electron chi connectivity index (χ1n) is 4.73. The van der Waals surface area contributed by atoms with E-state index >= 15 is 0 Å². The number of imide groups is 1. The Morgan fingerprint density at radius 3 is 2.69 bits per heavy atom. The van der Waals surface area contributed by atoms with E-state index in [-0.39, 0.29) is 17.9 Å². The minimum Gasteiger partial charge on any atom is -0.296 e. The van der Waals surface area contributed by atoms with Gasteiger partial charge >= 0.3 is 0 Å². The summed E-state index contributed by atoms with van der Waals surface area (Å²) in [5.41, 5.74) is -0.865. The van der Waals surface area contributed by atoms with Crippen molar-refractivity contribution in [2.75, 3.05) is 0 Å². The lowest BCUT2D eigenvalue weighted by Gasteiger charge is -2.20. The molecule has 0 bridgehead atoms. The van der Waals surface area contributed by atoms with Gasteiger partial charge in [0.25, 0.3) is 0 Å². The van der Waals surface area contributed by atoms with Gasteiger partial charge in [0.05, 0.1) is 5.41 Å². The highest BCUT2D eigenvalue weighted by Gasteiger charge is 2.45. The third-order valence-corrected chi connectivity index (χ3v) is 3.28. The van der Waals surface area contributed by atoms with Crippen LogP contribution in [0, 0.1) is 5.82 Å². The van der Waals surface area contributed by atoms with Crippen molar-refractivity contribution in [3.63, 3.8) is 0 Å². The number of rotatable bonds is 1. The van der Waals surface area contributed by atoms with Gasteiger partial charge in [-0.3, -0.25) is 14.9 Å². The molecule has 3 nitrogen and oxygen atoms in total. The molecule has 1 N–H and O–H groups in total. The Labute approximate surface area is 100 Å². The van der Waals surface area contributed by atoms with Crippen LogP contribution in [0.1, 0.15) is 18.9 Å². The highest BCUT2D eigenvalue weighted by molar-refractivity contribution is 9.10. The number of carbonyl (C=O) groups is 2. The molecule has 0 aliphatic carbocycles. The summed E-state index contributed by atoms with van der Waals surface area (Å²) in [5.74, 6) is -1.29. The van der Waals surface area contributed by atoms with Crippen LogP contribution in [-0.2, 0) is 15.0 Å². The smallest absolute Gasteiger partial charge is 0.237 e. The van der Waals surface area contributed by atoms with Crippen molar-refractivity contribution < 1.29 is 14.0 Å². The molecule has 1 fully saturated rings. The summed E-state index contributed by atoms with van der Waals surface area (Å²) in [6.07, 6.45) is -0.0147. The molecule has 0 aromatic heterocycles. The van der Waals surface area contributed by atoms with Gasteiger partial charge < -0.3 is 0 Å². The zero-order valence-electron chi connectivity index (χ0n) is 8.51. The highest BCUT2D eigenvalue weighted by atomic mass is 79.9. The largest absolute Gasteiger partial charge is 0.296 e. The first-order valence-corrected chi connectivity index (χ1v) is 5.52. The normalized spacial score (nSPS) is 24.7. The second-order valence-corrected chi connectivity index (χ2v) is 4.93. The number of hydrogen-bond donors (Lipinski definition) is 1. The van der Waals surface area contributed by atoms with Crippen LogP contribution >= 0.6 is 15.9 Å². The second kappa shape index (κ2) is 3.66. The van der Waals surface area contributed by atoms with Crippen molar-refractivity contribution in [1.82, 2.24) is 5.32 Å². The van der Waals surface area contributed by atoms with Gasteiger partial charge in [0, 0.05) is 16.5 Å². The Hall–Kier alpha value is -1.23. The van der Waals surface area contributed by atoms with E-state index in [0.717, 1.165) is 0 Å². The first-order chi connectivity index (χ1) is 7.43. The van der Waals surface area contributed by atoms with Crippen LogP contribution in [0.2, 0.25) is 0 Å². The molecule has 2 rings (SSSR count). The second-order valence-electron chi connectivity index (χ2n) is 4.01. The van der Waals surface area contributed by atoms with E-state index in [9.17, 15) is 14.0 Å². The molecule has 0 radical (unpaired) electrons. The van der Waals surface area contributed by atoms with Gasteiger partial charge in [0.15, 0.2) is 0 Å². The Morgan fingerprint density at radius 2 is 2.12 bits per heavy atom. The number of carbonyl (C=O) groups excluding carboxylic acids is 2. The van der Waals surface area contributed by atoms with E-state index in [1.165, 1.54) is 12.1 Å². The zero-order valence-corrected chi connectivity index (χ0v) is 10.1. The molecule has 1 unspecified atom stereocenters. The Balaban J connectivity index is 2.55. The lowest BCUT2D eigenvalue weighted by atomic mass is 9.81. The van der Waals surface area contributed by atoms with Gasteiger partial charge in [-0.2, -0.15) is 0 Å². The first kappa shape index (κ1) is 11.3. The fraction of sp³-hybridized carbons (Fsp3) is 0.273. The zero-order chi connectivity index (χ0) is 11.9. The Bertz CT molecular complexity index is 489. The third-order valence-electron chi connectivity index (χ3n) is 2.79. The fourth-order valence-corrected chi connectivity index (χ4v) is 2.21. The Kier molecular flexibility index (Phi) is 2.58. The number of hydrogen-bond acceptors (Lipinski definition) is 2. The molecule has 1 aromatic carbocycles. The molecular weight excluding hydrogens is 277 g/mol. The molecule has 5 heteroatoms. The van der Waals surface area contributed by atoms with Crippen LogP contribution in [-0.4, -0.2) is 11.8 Å². The highest BCUT2D eigenvalue weighted by Crippen LogP contribution is 2.34. The molecular formula is C11H9BrFNO2. The van der Waals surface area contributed by atoms with Gasteiger partial charge in [-0.05, 0) is 25.1 Å². The minimum atomic E-state index is -1.11. The SMILES string of the molecule is CC1(c2cc(Br)ccc2F)CC(=O)NC1=O. The molecule has 1 saturated heterocycles. The molecule has 1 atom stereocenters. The van der Waals surface area contributed by atoms with E-state index in [1.54, 1.807) is 13.0 Å². The molecule has 1 aliphatic rings. The van der Waals surface area contributed by atoms with Crippen molar-refractivity contribution in [3.8, 4) is 0 Å². The van der Waals surface area contributed by atoms with Crippen molar-refractivity contribution in [3.05, 3.63) is 34.1 Å². The number of halogens is 2. The monoisotopic (exact) mass is 285 g/mol. The maximum Gasteiger partial charge on any atom is 0.237 e. The predicted octanol–water partition coefficient (Wildman–Crippen LogP) is 1.89. The lowest BCUT2D eigenvalue weighted by Crippen LogP contribution is -2.33. The van der Waals surface area contributed by atoms with Crippen LogP contribution in [0.3, 0.4) is 0 Å². The van der Waals surface area contributed by atoms with Crippen molar-refractivity contribution >= 4 is 27.7 Å². The molecule has 1 aliphatic heterocycles. The molecule has 1 aromatic rings. The molecule has 84 valence electrons. The topological polar surface area (TPSA) is 46.2 Å². The van der Waals surface area contributed by atoms with Gasteiger partial charge in [-0.25, -0.2) is 4.39 Å². The maximum absolute atomic E-state index is 13.7. The van der Waals surface area contributed by atoms with E-state index in [1.807, 2.05) is 0 Å². The third kappa shape index (κ3) is 1.65. The summed E-state index contributed by atoms with van der Waals surface area (Å²) in [6.45, 7) is 1.57. The minimum absolute atomic E-state index is 0.0147. The molecule has 2 amide bonds.